The minimum absolute atomic E-state index is 0.661. The van der Waals surface area contributed by atoms with E-state index in [1.807, 2.05) is 30.3 Å². The molecule has 0 radical (unpaired) electrons. The highest BCUT2D eigenvalue weighted by atomic mass is 79.9. The van der Waals surface area contributed by atoms with Crippen molar-refractivity contribution < 1.29 is 4.74 Å². The van der Waals surface area contributed by atoms with Gasteiger partial charge >= 0.3 is 0 Å². The van der Waals surface area contributed by atoms with Crippen LogP contribution in [0.5, 0.6) is 11.6 Å². The number of benzene rings is 2. The van der Waals surface area contributed by atoms with Crippen LogP contribution in [0.3, 0.4) is 0 Å². The van der Waals surface area contributed by atoms with Gasteiger partial charge in [0.15, 0.2) is 0 Å². The summed E-state index contributed by atoms with van der Waals surface area (Å²) in [4.78, 5) is 4.64. The van der Waals surface area contributed by atoms with Crippen LogP contribution in [-0.2, 0) is 5.33 Å². The molecule has 2 nitrogen and oxygen atoms in total. The molecule has 3 aromatic rings. The number of fused-ring (bicyclic) bond motifs is 1. The molecule has 0 amide bonds. The first kappa shape index (κ1) is 14.1. The molecule has 0 bridgehead atoms. The normalized spacial score (nSPS) is 10.8. The third-order valence-corrected chi connectivity index (χ3v) is 4.20. The molecule has 0 aliphatic carbocycles. The molecule has 0 spiro atoms. The van der Waals surface area contributed by atoms with Crippen LogP contribution in [0.15, 0.2) is 48.5 Å². The maximum absolute atomic E-state index is 6.00. The van der Waals surface area contributed by atoms with Gasteiger partial charge in [0.2, 0.25) is 5.88 Å². The van der Waals surface area contributed by atoms with Crippen LogP contribution in [0.25, 0.3) is 10.9 Å². The summed E-state index contributed by atoms with van der Waals surface area (Å²) >= 11 is 3.51. The van der Waals surface area contributed by atoms with Gasteiger partial charge in [-0.25, -0.2) is 4.98 Å². The van der Waals surface area contributed by atoms with Crippen molar-refractivity contribution in [3.63, 3.8) is 0 Å². The lowest BCUT2D eigenvalue weighted by Gasteiger charge is -2.11. The van der Waals surface area contributed by atoms with Crippen molar-refractivity contribution >= 4 is 26.8 Å². The molecule has 21 heavy (non-hydrogen) atoms. The lowest BCUT2D eigenvalue weighted by molar-refractivity contribution is 0.460. The molecular formula is C18H16BrNO. The predicted molar refractivity (Wildman–Crippen MR) is 90.4 cm³/mol. The molecule has 0 aliphatic heterocycles. The standard InChI is InChI=1S/C18H16BrNO/c1-12-7-8-16(9-13(12)2)21-18-15(11-19)10-14-5-3-4-6-17(14)20-18/h3-10H,11H2,1-2H3. The quantitative estimate of drug-likeness (QED) is 0.583. The summed E-state index contributed by atoms with van der Waals surface area (Å²) in [6.45, 7) is 4.18. The van der Waals surface area contributed by atoms with Gasteiger partial charge in [0.05, 0.1) is 5.52 Å². The highest BCUT2D eigenvalue weighted by molar-refractivity contribution is 9.08. The number of aryl methyl sites for hydroxylation is 2. The molecule has 0 unspecified atom stereocenters. The van der Waals surface area contributed by atoms with Gasteiger partial charge < -0.3 is 4.74 Å². The van der Waals surface area contributed by atoms with Gasteiger partial charge in [-0.3, -0.25) is 0 Å². The molecule has 2 aromatic carbocycles. The number of hydrogen-bond donors (Lipinski definition) is 0. The van der Waals surface area contributed by atoms with E-state index in [1.165, 1.54) is 11.1 Å². The topological polar surface area (TPSA) is 22.1 Å². The molecule has 0 aliphatic rings. The highest BCUT2D eigenvalue weighted by Crippen LogP contribution is 2.29. The largest absolute Gasteiger partial charge is 0.439 e. The Kier molecular flexibility index (Phi) is 3.93. The predicted octanol–water partition coefficient (Wildman–Crippen LogP) is 5.54. The maximum atomic E-state index is 6.00. The SMILES string of the molecule is Cc1ccc(Oc2nc3ccccc3cc2CBr)cc1C. The van der Waals surface area contributed by atoms with Crippen molar-refractivity contribution in [1.29, 1.82) is 0 Å². The van der Waals surface area contributed by atoms with Crippen LogP contribution < -0.4 is 4.74 Å². The zero-order valence-electron chi connectivity index (χ0n) is 12.1. The minimum Gasteiger partial charge on any atom is -0.439 e. The van der Waals surface area contributed by atoms with Crippen LogP contribution >= 0.6 is 15.9 Å². The third kappa shape index (κ3) is 2.93. The summed E-state index contributed by atoms with van der Waals surface area (Å²) in [5, 5.41) is 1.84. The zero-order valence-corrected chi connectivity index (χ0v) is 13.6. The van der Waals surface area contributed by atoms with Gasteiger partial charge in [-0.05, 0) is 49.2 Å². The van der Waals surface area contributed by atoms with E-state index >= 15 is 0 Å². The lowest BCUT2D eigenvalue weighted by atomic mass is 10.1. The number of hydrogen-bond acceptors (Lipinski definition) is 2. The van der Waals surface area contributed by atoms with Crippen molar-refractivity contribution in [3.8, 4) is 11.6 Å². The van der Waals surface area contributed by atoms with E-state index in [2.05, 4.69) is 53.0 Å². The smallest absolute Gasteiger partial charge is 0.223 e. The van der Waals surface area contributed by atoms with Crippen LogP contribution in [0.2, 0.25) is 0 Å². The first-order valence-corrected chi connectivity index (χ1v) is 7.99. The Hall–Kier alpha value is -1.87. The average Bonchev–Trinajstić information content (AvgIpc) is 2.50. The molecule has 0 fully saturated rings. The number of pyridine rings is 1. The number of aromatic nitrogens is 1. The van der Waals surface area contributed by atoms with Crippen molar-refractivity contribution in [2.45, 2.75) is 19.2 Å². The molecule has 1 heterocycles. The fourth-order valence-corrected chi connectivity index (χ4v) is 2.62. The van der Waals surface area contributed by atoms with Gasteiger partial charge in [0.1, 0.15) is 5.75 Å². The van der Waals surface area contributed by atoms with Gasteiger partial charge in [-0.15, -0.1) is 0 Å². The number of para-hydroxylation sites is 1. The summed E-state index contributed by atoms with van der Waals surface area (Å²) in [5.74, 6) is 1.48. The summed E-state index contributed by atoms with van der Waals surface area (Å²) in [6, 6.07) is 16.3. The first-order chi connectivity index (χ1) is 10.2. The van der Waals surface area contributed by atoms with Gasteiger partial charge in [0.25, 0.3) is 0 Å². The molecule has 1 aromatic heterocycles. The summed E-state index contributed by atoms with van der Waals surface area (Å²) in [6.07, 6.45) is 0. The van der Waals surface area contributed by atoms with Crippen molar-refractivity contribution in [2.75, 3.05) is 0 Å². The molecule has 0 saturated heterocycles. The molecule has 3 rings (SSSR count). The van der Waals surface area contributed by atoms with Crippen LogP contribution in [0.1, 0.15) is 16.7 Å². The highest BCUT2D eigenvalue weighted by Gasteiger charge is 2.09. The van der Waals surface area contributed by atoms with E-state index in [1.54, 1.807) is 0 Å². The Morgan fingerprint density at radius 2 is 1.81 bits per heavy atom. The Bertz CT molecular complexity index is 798. The molecule has 3 heteroatoms. The molecule has 0 atom stereocenters. The number of halogens is 1. The van der Waals surface area contributed by atoms with E-state index in [0.717, 1.165) is 22.2 Å². The second-order valence-electron chi connectivity index (χ2n) is 5.13. The fourth-order valence-electron chi connectivity index (χ4n) is 2.22. The van der Waals surface area contributed by atoms with Crippen LogP contribution in [-0.4, -0.2) is 4.98 Å². The average molecular weight is 342 g/mol. The molecular weight excluding hydrogens is 326 g/mol. The molecule has 0 N–H and O–H groups in total. The third-order valence-electron chi connectivity index (χ3n) is 3.60. The van der Waals surface area contributed by atoms with E-state index in [9.17, 15) is 0 Å². The van der Waals surface area contributed by atoms with Gasteiger partial charge in [-0.2, -0.15) is 0 Å². The summed E-state index contributed by atoms with van der Waals surface area (Å²) < 4.78 is 6.00. The number of ether oxygens (including phenoxy) is 1. The second-order valence-corrected chi connectivity index (χ2v) is 5.69. The first-order valence-electron chi connectivity index (χ1n) is 6.87. The lowest BCUT2D eigenvalue weighted by Crippen LogP contribution is -1.95. The monoisotopic (exact) mass is 341 g/mol. The van der Waals surface area contributed by atoms with Crippen molar-refractivity contribution in [2.24, 2.45) is 0 Å². The van der Waals surface area contributed by atoms with Crippen molar-refractivity contribution in [3.05, 3.63) is 65.2 Å². The van der Waals surface area contributed by atoms with Gasteiger partial charge in [-0.1, -0.05) is 40.2 Å². The number of rotatable bonds is 3. The Labute approximate surface area is 132 Å². The van der Waals surface area contributed by atoms with Crippen LogP contribution in [0, 0.1) is 13.8 Å². The molecule has 106 valence electrons. The Morgan fingerprint density at radius 3 is 2.57 bits per heavy atom. The fraction of sp³-hybridized carbons (Fsp3) is 0.167. The van der Waals surface area contributed by atoms with E-state index < -0.39 is 0 Å². The summed E-state index contributed by atoms with van der Waals surface area (Å²) in [5.41, 5.74) is 4.47. The number of alkyl halides is 1. The van der Waals surface area contributed by atoms with E-state index in [-0.39, 0.29) is 0 Å². The zero-order chi connectivity index (χ0) is 14.8. The van der Waals surface area contributed by atoms with E-state index in [4.69, 9.17) is 4.74 Å². The van der Waals surface area contributed by atoms with Gasteiger partial charge in [0, 0.05) is 16.3 Å². The van der Waals surface area contributed by atoms with E-state index in [0.29, 0.717) is 11.2 Å². The molecule has 0 saturated carbocycles. The van der Waals surface area contributed by atoms with Crippen LogP contribution in [0.4, 0.5) is 0 Å². The maximum Gasteiger partial charge on any atom is 0.223 e. The second kappa shape index (κ2) is 5.86. The number of nitrogens with zero attached hydrogens (tertiary/aromatic N) is 1. The van der Waals surface area contributed by atoms with Crippen molar-refractivity contribution in [1.82, 2.24) is 4.98 Å². The Balaban J connectivity index is 2.04. The summed E-state index contributed by atoms with van der Waals surface area (Å²) in [7, 11) is 0. The minimum atomic E-state index is 0.661. The Morgan fingerprint density at radius 1 is 1.00 bits per heavy atom.